The van der Waals surface area contributed by atoms with Crippen LogP contribution < -0.4 is 5.32 Å². The molecule has 0 atom stereocenters. The summed E-state index contributed by atoms with van der Waals surface area (Å²) < 4.78 is 0.720. The van der Waals surface area contributed by atoms with Gasteiger partial charge in [0.15, 0.2) is 0 Å². The van der Waals surface area contributed by atoms with Gasteiger partial charge in [-0.15, -0.1) is 0 Å². The molecule has 0 fully saturated rings. The molecular formula is C11H12Br2ClNO. The fraction of sp³-hybridized carbons (Fsp3) is 0.364. The van der Waals surface area contributed by atoms with E-state index in [-0.39, 0.29) is 5.91 Å². The van der Waals surface area contributed by atoms with Crippen molar-refractivity contribution in [1.82, 2.24) is 5.32 Å². The molecule has 0 heterocycles. The zero-order chi connectivity index (χ0) is 12.0. The average molecular weight is 369 g/mol. The highest BCUT2D eigenvalue weighted by Crippen LogP contribution is 2.21. The third-order valence-corrected chi connectivity index (χ3v) is 3.47. The Bertz CT molecular complexity index is 371. The summed E-state index contributed by atoms with van der Waals surface area (Å²) in [4.78, 5) is 11.7. The standard InChI is InChI=1S/C11H12Br2ClNO/c12-5-1-2-6-15-11(16)9-4-3-8(14)7-10(9)13/h3-4,7H,1-2,5-6H2,(H,15,16). The van der Waals surface area contributed by atoms with E-state index in [1.54, 1.807) is 18.2 Å². The Kier molecular flexibility index (Phi) is 6.39. The van der Waals surface area contributed by atoms with Gasteiger partial charge in [-0.25, -0.2) is 0 Å². The van der Waals surface area contributed by atoms with Crippen LogP contribution in [0.2, 0.25) is 5.02 Å². The van der Waals surface area contributed by atoms with Gasteiger partial charge in [0.25, 0.3) is 5.91 Å². The first-order valence-electron chi connectivity index (χ1n) is 4.94. The van der Waals surface area contributed by atoms with Gasteiger partial charge in [0, 0.05) is 21.4 Å². The molecule has 0 saturated carbocycles. The summed E-state index contributed by atoms with van der Waals surface area (Å²) in [5, 5.41) is 4.44. The van der Waals surface area contributed by atoms with Crippen LogP contribution >= 0.6 is 43.5 Å². The number of amides is 1. The molecule has 1 N–H and O–H groups in total. The molecule has 0 aromatic heterocycles. The van der Waals surface area contributed by atoms with Crippen LogP contribution in [0.5, 0.6) is 0 Å². The van der Waals surface area contributed by atoms with E-state index < -0.39 is 0 Å². The van der Waals surface area contributed by atoms with Crippen LogP contribution in [0, 0.1) is 0 Å². The van der Waals surface area contributed by atoms with Gasteiger partial charge < -0.3 is 5.32 Å². The van der Waals surface area contributed by atoms with E-state index >= 15 is 0 Å². The van der Waals surface area contributed by atoms with Crippen LogP contribution in [0.1, 0.15) is 23.2 Å². The van der Waals surface area contributed by atoms with Gasteiger partial charge in [0.1, 0.15) is 0 Å². The lowest BCUT2D eigenvalue weighted by atomic mass is 10.2. The maximum Gasteiger partial charge on any atom is 0.252 e. The molecule has 1 aromatic carbocycles. The maximum atomic E-state index is 11.7. The van der Waals surface area contributed by atoms with Crippen molar-refractivity contribution in [3.05, 3.63) is 33.3 Å². The van der Waals surface area contributed by atoms with Gasteiger partial charge >= 0.3 is 0 Å². The molecule has 0 spiro atoms. The third kappa shape index (κ3) is 4.44. The van der Waals surface area contributed by atoms with Crippen molar-refractivity contribution < 1.29 is 4.79 Å². The smallest absolute Gasteiger partial charge is 0.252 e. The van der Waals surface area contributed by atoms with Crippen molar-refractivity contribution in [3.63, 3.8) is 0 Å². The van der Waals surface area contributed by atoms with Crippen LogP contribution in [-0.2, 0) is 0 Å². The van der Waals surface area contributed by atoms with E-state index in [1.807, 2.05) is 0 Å². The number of hydrogen-bond acceptors (Lipinski definition) is 1. The summed E-state index contributed by atoms with van der Waals surface area (Å²) >= 11 is 12.5. The molecule has 16 heavy (non-hydrogen) atoms. The molecule has 2 nitrogen and oxygen atoms in total. The number of carbonyl (C=O) groups excluding carboxylic acids is 1. The van der Waals surface area contributed by atoms with E-state index in [9.17, 15) is 4.79 Å². The molecule has 0 radical (unpaired) electrons. The number of benzene rings is 1. The van der Waals surface area contributed by atoms with Crippen LogP contribution in [0.3, 0.4) is 0 Å². The Morgan fingerprint density at radius 3 is 2.75 bits per heavy atom. The van der Waals surface area contributed by atoms with E-state index in [2.05, 4.69) is 37.2 Å². The maximum absolute atomic E-state index is 11.7. The minimum Gasteiger partial charge on any atom is -0.352 e. The summed E-state index contributed by atoms with van der Waals surface area (Å²) in [5.74, 6) is -0.0712. The molecule has 1 aromatic rings. The minimum absolute atomic E-state index is 0.0712. The summed E-state index contributed by atoms with van der Waals surface area (Å²) in [5.41, 5.74) is 0.614. The third-order valence-electron chi connectivity index (χ3n) is 2.02. The molecule has 1 rings (SSSR count). The Labute approximate surface area is 117 Å². The second-order valence-corrected chi connectivity index (χ2v) is 5.36. The fourth-order valence-electron chi connectivity index (χ4n) is 1.19. The van der Waals surface area contributed by atoms with Gasteiger partial charge in [-0.2, -0.15) is 0 Å². The predicted molar refractivity (Wildman–Crippen MR) is 74.5 cm³/mol. The molecular weight excluding hydrogens is 357 g/mol. The Morgan fingerprint density at radius 1 is 1.38 bits per heavy atom. The van der Waals surface area contributed by atoms with Crippen molar-refractivity contribution in [2.45, 2.75) is 12.8 Å². The lowest BCUT2D eigenvalue weighted by molar-refractivity contribution is 0.0952. The monoisotopic (exact) mass is 367 g/mol. The van der Waals surface area contributed by atoms with Crippen LogP contribution in [0.4, 0.5) is 0 Å². The highest BCUT2D eigenvalue weighted by atomic mass is 79.9. The second-order valence-electron chi connectivity index (χ2n) is 3.28. The van der Waals surface area contributed by atoms with Crippen molar-refractivity contribution in [1.29, 1.82) is 0 Å². The van der Waals surface area contributed by atoms with Gasteiger partial charge in [0.2, 0.25) is 0 Å². The molecule has 0 unspecified atom stereocenters. The van der Waals surface area contributed by atoms with Crippen molar-refractivity contribution in [2.24, 2.45) is 0 Å². The first-order chi connectivity index (χ1) is 7.65. The SMILES string of the molecule is O=C(NCCCCBr)c1ccc(Cl)cc1Br. The highest BCUT2D eigenvalue weighted by Gasteiger charge is 2.09. The average Bonchev–Trinajstić information content (AvgIpc) is 2.24. The topological polar surface area (TPSA) is 29.1 Å². The number of nitrogens with one attached hydrogen (secondary N) is 1. The van der Waals surface area contributed by atoms with Gasteiger partial charge in [-0.3, -0.25) is 4.79 Å². The first-order valence-corrected chi connectivity index (χ1v) is 7.23. The molecule has 0 saturated heterocycles. The zero-order valence-corrected chi connectivity index (χ0v) is 12.5. The number of hydrogen-bond donors (Lipinski definition) is 1. The van der Waals surface area contributed by atoms with Crippen LogP contribution in [0.25, 0.3) is 0 Å². The molecule has 0 aliphatic heterocycles. The molecule has 5 heteroatoms. The summed E-state index contributed by atoms with van der Waals surface area (Å²) in [6.45, 7) is 0.694. The summed E-state index contributed by atoms with van der Waals surface area (Å²) in [7, 11) is 0. The van der Waals surface area contributed by atoms with E-state index in [0.717, 1.165) is 22.6 Å². The lowest BCUT2D eigenvalue weighted by Crippen LogP contribution is -2.24. The summed E-state index contributed by atoms with van der Waals surface area (Å²) in [6, 6.07) is 5.14. The zero-order valence-electron chi connectivity index (χ0n) is 8.60. The molecule has 1 amide bonds. The molecule has 0 bridgehead atoms. The van der Waals surface area contributed by atoms with Gasteiger partial charge in [0.05, 0.1) is 5.56 Å². The van der Waals surface area contributed by atoms with Crippen LogP contribution in [-0.4, -0.2) is 17.8 Å². The summed E-state index contributed by atoms with van der Waals surface area (Å²) in [6.07, 6.45) is 2.03. The Balaban J connectivity index is 2.53. The Hall–Kier alpha value is -0.0600. The number of rotatable bonds is 5. The predicted octanol–water partition coefficient (Wildman–Crippen LogP) is 4.01. The number of unbranched alkanes of at least 4 members (excludes halogenated alkanes) is 1. The van der Waals surface area contributed by atoms with E-state index in [1.165, 1.54) is 0 Å². The highest BCUT2D eigenvalue weighted by molar-refractivity contribution is 9.10. The second kappa shape index (κ2) is 7.30. The number of carbonyl (C=O) groups is 1. The van der Waals surface area contributed by atoms with E-state index in [4.69, 9.17) is 11.6 Å². The van der Waals surface area contributed by atoms with Gasteiger partial charge in [-0.1, -0.05) is 27.5 Å². The van der Waals surface area contributed by atoms with Crippen molar-refractivity contribution in [2.75, 3.05) is 11.9 Å². The van der Waals surface area contributed by atoms with Gasteiger partial charge in [-0.05, 0) is 47.0 Å². The lowest BCUT2D eigenvalue weighted by Gasteiger charge is -2.06. The van der Waals surface area contributed by atoms with E-state index in [0.29, 0.717) is 17.1 Å². The Morgan fingerprint density at radius 2 is 2.12 bits per heavy atom. The van der Waals surface area contributed by atoms with Crippen molar-refractivity contribution in [3.8, 4) is 0 Å². The molecule has 0 aliphatic carbocycles. The molecule has 88 valence electrons. The first kappa shape index (κ1) is 14.0. The normalized spacial score (nSPS) is 10.2. The quantitative estimate of drug-likeness (QED) is 0.617. The van der Waals surface area contributed by atoms with Crippen molar-refractivity contribution >= 4 is 49.4 Å². The number of alkyl halides is 1. The molecule has 0 aliphatic rings. The van der Waals surface area contributed by atoms with Crippen LogP contribution in [0.15, 0.2) is 22.7 Å². The number of halogens is 3. The largest absolute Gasteiger partial charge is 0.352 e. The fourth-order valence-corrected chi connectivity index (χ4v) is 2.45. The minimum atomic E-state index is -0.0712.